The van der Waals surface area contributed by atoms with Crippen molar-refractivity contribution < 1.29 is 9.47 Å². The molecule has 0 unspecified atom stereocenters. The highest BCUT2D eigenvalue weighted by Gasteiger charge is 2.22. The average molecular weight is 337 g/mol. The van der Waals surface area contributed by atoms with E-state index in [0.29, 0.717) is 13.2 Å². The molecule has 0 radical (unpaired) electrons. The molecule has 0 spiro atoms. The summed E-state index contributed by atoms with van der Waals surface area (Å²) in [4.78, 5) is 6.89. The third-order valence-corrected chi connectivity index (χ3v) is 4.53. The number of methoxy groups -OCH3 is 1. The SMILES string of the molecule is COCc1nc(Cn2cc(CN3C[C@@H](C)O[C@@H](C)C3)nn2)cs1. The molecule has 1 fully saturated rings. The number of nitrogens with zero attached hydrogens (tertiary/aromatic N) is 5. The maximum Gasteiger partial charge on any atom is 0.119 e. The van der Waals surface area contributed by atoms with Crippen LogP contribution in [-0.4, -0.2) is 57.3 Å². The van der Waals surface area contributed by atoms with E-state index in [2.05, 4.69) is 34.0 Å². The largest absolute Gasteiger partial charge is 0.378 e. The highest BCUT2D eigenvalue weighted by Crippen LogP contribution is 2.14. The van der Waals surface area contributed by atoms with E-state index in [4.69, 9.17) is 9.47 Å². The molecule has 0 N–H and O–H groups in total. The molecule has 0 bridgehead atoms. The summed E-state index contributed by atoms with van der Waals surface area (Å²) in [7, 11) is 1.68. The molecule has 3 rings (SSSR count). The van der Waals surface area contributed by atoms with E-state index in [1.54, 1.807) is 18.4 Å². The summed E-state index contributed by atoms with van der Waals surface area (Å²) < 4.78 is 12.7. The van der Waals surface area contributed by atoms with Crippen LogP contribution in [0, 0.1) is 0 Å². The first kappa shape index (κ1) is 16.5. The van der Waals surface area contributed by atoms with Crippen LogP contribution in [0.25, 0.3) is 0 Å². The maximum atomic E-state index is 5.76. The predicted molar refractivity (Wildman–Crippen MR) is 87.2 cm³/mol. The highest BCUT2D eigenvalue weighted by molar-refractivity contribution is 7.09. The molecular weight excluding hydrogens is 314 g/mol. The monoisotopic (exact) mass is 337 g/mol. The fourth-order valence-electron chi connectivity index (χ4n) is 2.91. The van der Waals surface area contributed by atoms with Gasteiger partial charge in [0.05, 0.1) is 42.9 Å². The quantitative estimate of drug-likeness (QED) is 0.797. The first-order valence-corrected chi connectivity index (χ1v) is 8.69. The van der Waals surface area contributed by atoms with E-state index in [0.717, 1.165) is 36.0 Å². The minimum absolute atomic E-state index is 0.267. The van der Waals surface area contributed by atoms with Crippen LogP contribution in [0.15, 0.2) is 11.6 Å². The summed E-state index contributed by atoms with van der Waals surface area (Å²) in [6, 6.07) is 0. The fraction of sp³-hybridized carbons (Fsp3) is 0.667. The van der Waals surface area contributed by atoms with Crippen molar-refractivity contribution in [3.8, 4) is 0 Å². The van der Waals surface area contributed by atoms with Crippen molar-refractivity contribution in [2.75, 3.05) is 20.2 Å². The number of rotatable bonds is 6. The van der Waals surface area contributed by atoms with Crippen LogP contribution in [0.4, 0.5) is 0 Å². The van der Waals surface area contributed by atoms with Crippen LogP contribution in [-0.2, 0) is 29.2 Å². The molecular formula is C15H23N5O2S. The molecule has 126 valence electrons. The fourth-order valence-corrected chi connectivity index (χ4v) is 3.66. The van der Waals surface area contributed by atoms with Gasteiger partial charge in [-0.15, -0.1) is 16.4 Å². The van der Waals surface area contributed by atoms with Crippen LogP contribution >= 0.6 is 11.3 Å². The van der Waals surface area contributed by atoms with Gasteiger partial charge in [0.15, 0.2) is 0 Å². The van der Waals surface area contributed by atoms with Gasteiger partial charge in [-0.2, -0.15) is 0 Å². The van der Waals surface area contributed by atoms with Crippen molar-refractivity contribution in [1.82, 2.24) is 24.9 Å². The maximum absolute atomic E-state index is 5.76. The number of thiazole rings is 1. The Morgan fingerprint density at radius 1 is 1.26 bits per heavy atom. The zero-order valence-electron chi connectivity index (χ0n) is 13.8. The molecule has 2 aromatic heterocycles. The van der Waals surface area contributed by atoms with Crippen LogP contribution in [0.3, 0.4) is 0 Å². The molecule has 23 heavy (non-hydrogen) atoms. The van der Waals surface area contributed by atoms with Crippen molar-refractivity contribution in [2.24, 2.45) is 0 Å². The highest BCUT2D eigenvalue weighted by atomic mass is 32.1. The minimum Gasteiger partial charge on any atom is -0.378 e. The van der Waals surface area contributed by atoms with Gasteiger partial charge >= 0.3 is 0 Å². The van der Waals surface area contributed by atoms with Crippen molar-refractivity contribution in [3.63, 3.8) is 0 Å². The second-order valence-electron chi connectivity index (χ2n) is 6.02. The van der Waals surface area contributed by atoms with Gasteiger partial charge in [0.25, 0.3) is 0 Å². The van der Waals surface area contributed by atoms with E-state index in [-0.39, 0.29) is 12.2 Å². The first-order valence-electron chi connectivity index (χ1n) is 7.81. The Bertz CT molecular complexity index is 619. The smallest absolute Gasteiger partial charge is 0.119 e. The molecule has 1 aliphatic rings. The van der Waals surface area contributed by atoms with E-state index in [1.165, 1.54) is 0 Å². The van der Waals surface area contributed by atoms with Gasteiger partial charge in [0, 0.05) is 32.1 Å². The van der Waals surface area contributed by atoms with Crippen LogP contribution in [0.5, 0.6) is 0 Å². The Balaban J connectivity index is 1.57. The summed E-state index contributed by atoms with van der Waals surface area (Å²) in [5.41, 5.74) is 1.98. The predicted octanol–water partition coefficient (Wildman–Crippen LogP) is 1.54. The molecule has 0 aliphatic carbocycles. The Morgan fingerprint density at radius 2 is 2.04 bits per heavy atom. The van der Waals surface area contributed by atoms with Gasteiger partial charge in [0.2, 0.25) is 0 Å². The third kappa shape index (κ3) is 4.57. The number of hydrogen-bond donors (Lipinski definition) is 0. The molecule has 0 saturated carbocycles. The van der Waals surface area contributed by atoms with Gasteiger partial charge in [-0.1, -0.05) is 5.21 Å². The summed E-state index contributed by atoms with van der Waals surface area (Å²) in [5, 5.41) is 11.5. The molecule has 0 aromatic carbocycles. The molecule has 1 saturated heterocycles. The van der Waals surface area contributed by atoms with Crippen molar-refractivity contribution in [2.45, 2.75) is 45.8 Å². The molecule has 3 heterocycles. The first-order chi connectivity index (χ1) is 11.1. The molecule has 8 heteroatoms. The molecule has 7 nitrogen and oxygen atoms in total. The van der Waals surface area contributed by atoms with Crippen molar-refractivity contribution in [3.05, 3.63) is 28.0 Å². The number of ether oxygens (including phenoxy) is 2. The second kappa shape index (κ2) is 7.48. The second-order valence-corrected chi connectivity index (χ2v) is 6.97. The van der Waals surface area contributed by atoms with Crippen LogP contribution < -0.4 is 0 Å². The molecule has 0 amide bonds. The summed E-state index contributed by atoms with van der Waals surface area (Å²) >= 11 is 1.61. The van der Waals surface area contributed by atoms with Gasteiger partial charge in [-0.25, -0.2) is 9.67 Å². The summed E-state index contributed by atoms with van der Waals surface area (Å²) in [6.07, 6.45) is 2.53. The Morgan fingerprint density at radius 3 is 2.78 bits per heavy atom. The van der Waals surface area contributed by atoms with Crippen molar-refractivity contribution in [1.29, 1.82) is 0 Å². The standard InChI is InChI=1S/C15H23N5O2S/c1-11-4-19(5-12(2)22-11)6-13-7-20(18-17-13)8-14-10-23-15(16-14)9-21-3/h7,10-12H,4-6,8-9H2,1-3H3/t11-,12+. The average Bonchev–Trinajstić information content (AvgIpc) is 3.08. The Hall–Kier alpha value is -1.35. The van der Waals surface area contributed by atoms with Gasteiger partial charge in [0.1, 0.15) is 5.01 Å². The van der Waals surface area contributed by atoms with Crippen molar-refractivity contribution >= 4 is 11.3 Å². The van der Waals surface area contributed by atoms with E-state index in [1.807, 2.05) is 16.3 Å². The van der Waals surface area contributed by atoms with Crippen LogP contribution in [0.2, 0.25) is 0 Å². The van der Waals surface area contributed by atoms with Gasteiger partial charge < -0.3 is 9.47 Å². The number of hydrogen-bond acceptors (Lipinski definition) is 7. The number of aromatic nitrogens is 4. The summed E-state index contributed by atoms with van der Waals surface area (Å²) in [6.45, 7) is 8.10. The third-order valence-electron chi connectivity index (χ3n) is 3.66. The lowest BCUT2D eigenvalue weighted by atomic mass is 10.2. The Kier molecular flexibility index (Phi) is 5.37. The van der Waals surface area contributed by atoms with E-state index in [9.17, 15) is 0 Å². The normalized spacial score (nSPS) is 22.6. The molecule has 2 aromatic rings. The number of morpholine rings is 1. The minimum atomic E-state index is 0.267. The van der Waals surface area contributed by atoms with Crippen LogP contribution in [0.1, 0.15) is 30.2 Å². The lowest BCUT2D eigenvalue weighted by molar-refractivity contribution is -0.0707. The lowest BCUT2D eigenvalue weighted by Gasteiger charge is -2.34. The van der Waals surface area contributed by atoms with Gasteiger partial charge in [-0.3, -0.25) is 4.90 Å². The Labute approximate surface area is 140 Å². The topological polar surface area (TPSA) is 65.3 Å². The zero-order chi connectivity index (χ0) is 16.2. The zero-order valence-corrected chi connectivity index (χ0v) is 14.6. The molecule has 2 atom stereocenters. The van der Waals surface area contributed by atoms with E-state index < -0.39 is 0 Å². The molecule has 1 aliphatic heterocycles. The lowest BCUT2D eigenvalue weighted by Crippen LogP contribution is -2.44. The van der Waals surface area contributed by atoms with E-state index >= 15 is 0 Å². The van der Waals surface area contributed by atoms with Gasteiger partial charge in [-0.05, 0) is 13.8 Å². The summed E-state index contributed by atoms with van der Waals surface area (Å²) in [5.74, 6) is 0.